The number of nitrogens with zero attached hydrogens (tertiary/aromatic N) is 3. The number of aryl methyl sites for hydroxylation is 1. The van der Waals surface area contributed by atoms with E-state index in [-0.39, 0.29) is 5.75 Å². The number of hydrogen-bond donors (Lipinski definition) is 1. The van der Waals surface area contributed by atoms with Gasteiger partial charge in [0.25, 0.3) is 0 Å². The Morgan fingerprint density at radius 2 is 2.19 bits per heavy atom. The van der Waals surface area contributed by atoms with Crippen molar-refractivity contribution < 1.29 is 9.52 Å². The van der Waals surface area contributed by atoms with Gasteiger partial charge < -0.3 is 9.52 Å². The molecule has 0 fully saturated rings. The highest BCUT2D eigenvalue weighted by atomic mass is 16.4. The predicted molar refractivity (Wildman–Crippen MR) is 58.2 cm³/mol. The summed E-state index contributed by atoms with van der Waals surface area (Å²) in [5, 5.41) is 12.6. The van der Waals surface area contributed by atoms with Crippen molar-refractivity contribution in [2.75, 3.05) is 6.54 Å². The second-order valence-electron chi connectivity index (χ2n) is 3.37. The first-order chi connectivity index (χ1) is 7.72. The molecular formula is C10H13N3O3. The minimum Gasteiger partial charge on any atom is -0.508 e. The molecule has 1 rings (SSSR count). The van der Waals surface area contributed by atoms with E-state index in [1.54, 1.807) is 0 Å². The highest BCUT2D eigenvalue weighted by molar-refractivity contribution is 5.18. The molecule has 1 aromatic heterocycles. The predicted octanol–water partition coefficient (Wildman–Crippen LogP) is 2.37. The standard InChI is InChI=1S/C10H13N3O3/c11-13-12-5-3-1-2-4-9-6-8(14)7-10(15)16-9/h6-7,14H,1-5H2. The van der Waals surface area contributed by atoms with Crippen LogP contribution in [0.25, 0.3) is 10.4 Å². The van der Waals surface area contributed by atoms with Gasteiger partial charge in [-0.1, -0.05) is 11.5 Å². The Balaban J connectivity index is 2.31. The van der Waals surface area contributed by atoms with Crippen LogP contribution in [0.5, 0.6) is 5.75 Å². The third-order valence-corrected chi connectivity index (χ3v) is 2.05. The summed E-state index contributed by atoms with van der Waals surface area (Å²) in [6.45, 7) is 0.487. The van der Waals surface area contributed by atoms with Crippen molar-refractivity contribution >= 4 is 0 Å². The molecule has 0 aliphatic rings. The lowest BCUT2D eigenvalue weighted by molar-refractivity contribution is 0.419. The van der Waals surface area contributed by atoms with Crippen LogP contribution < -0.4 is 5.63 Å². The second-order valence-corrected chi connectivity index (χ2v) is 3.37. The first-order valence-corrected chi connectivity index (χ1v) is 5.06. The zero-order chi connectivity index (χ0) is 11.8. The van der Waals surface area contributed by atoms with E-state index >= 15 is 0 Å². The lowest BCUT2D eigenvalue weighted by atomic mass is 10.1. The van der Waals surface area contributed by atoms with Crippen LogP contribution in [0.2, 0.25) is 0 Å². The monoisotopic (exact) mass is 223 g/mol. The van der Waals surface area contributed by atoms with Gasteiger partial charge in [0, 0.05) is 23.9 Å². The van der Waals surface area contributed by atoms with Gasteiger partial charge in [0.15, 0.2) is 0 Å². The zero-order valence-electron chi connectivity index (χ0n) is 8.80. The average molecular weight is 223 g/mol. The second kappa shape index (κ2) is 6.53. The van der Waals surface area contributed by atoms with Crippen molar-refractivity contribution in [2.45, 2.75) is 25.7 Å². The Hall–Kier alpha value is -1.94. The van der Waals surface area contributed by atoms with Gasteiger partial charge in [0.05, 0.1) is 6.07 Å². The van der Waals surface area contributed by atoms with E-state index in [0.717, 1.165) is 25.3 Å². The molecule has 16 heavy (non-hydrogen) atoms. The molecule has 0 saturated heterocycles. The van der Waals surface area contributed by atoms with Crippen LogP contribution in [0.15, 0.2) is 26.5 Å². The molecule has 1 heterocycles. The van der Waals surface area contributed by atoms with E-state index < -0.39 is 5.63 Å². The van der Waals surface area contributed by atoms with Crippen LogP contribution in [0, 0.1) is 0 Å². The average Bonchev–Trinajstić information content (AvgIpc) is 2.22. The lowest BCUT2D eigenvalue weighted by Crippen LogP contribution is -1.99. The van der Waals surface area contributed by atoms with Gasteiger partial charge in [-0.3, -0.25) is 0 Å². The number of rotatable bonds is 6. The van der Waals surface area contributed by atoms with Crippen LogP contribution in [-0.2, 0) is 6.42 Å². The summed E-state index contributed by atoms with van der Waals surface area (Å²) in [5.74, 6) is 0.411. The molecule has 0 aliphatic carbocycles. The summed E-state index contributed by atoms with van der Waals surface area (Å²) < 4.78 is 4.89. The molecular weight excluding hydrogens is 210 g/mol. The smallest absolute Gasteiger partial charge is 0.339 e. The molecule has 0 saturated carbocycles. The first-order valence-electron chi connectivity index (χ1n) is 5.06. The molecule has 0 unspecified atom stereocenters. The maximum absolute atomic E-state index is 10.9. The minimum absolute atomic E-state index is 0.0691. The Bertz CT molecular complexity index is 435. The third-order valence-electron chi connectivity index (χ3n) is 2.05. The van der Waals surface area contributed by atoms with Crippen LogP contribution in [0.1, 0.15) is 25.0 Å². The van der Waals surface area contributed by atoms with E-state index in [9.17, 15) is 4.79 Å². The van der Waals surface area contributed by atoms with Gasteiger partial charge in [-0.2, -0.15) is 0 Å². The van der Waals surface area contributed by atoms with Crippen LogP contribution in [-0.4, -0.2) is 11.7 Å². The van der Waals surface area contributed by atoms with Gasteiger partial charge in [-0.15, -0.1) is 0 Å². The molecule has 86 valence electrons. The van der Waals surface area contributed by atoms with Gasteiger partial charge in [-0.05, 0) is 18.4 Å². The van der Waals surface area contributed by atoms with Crippen molar-refractivity contribution in [3.8, 4) is 5.75 Å². The van der Waals surface area contributed by atoms with Crippen molar-refractivity contribution in [2.24, 2.45) is 5.11 Å². The van der Waals surface area contributed by atoms with Gasteiger partial charge >= 0.3 is 5.63 Å². The van der Waals surface area contributed by atoms with Gasteiger partial charge in [0.1, 0.15) is 11.5 Å². The summed E-state index contributed by atoms with van der Waals surface area (Å²) in [4.78, 5) is 13.6. The molecule has 0 amide bonds. The SMILES string of the molecule is [N-]=[N+]=NCCCCCc1cc(O)cc(=O)o1. The fourth-order valence-corrected chi connectivity index (χ4v) is 1.34. The molecule has 0 radical (unpaired) electrons. The fraction of sp³-hybridized carbons (Fsp3) is 0.500. The van der Waals surface area contributed by atoms with Crippen LogP contribution in [0.4, 0.5) is 0 Å². The Morgan fingerprint density at radius 1 is 1.38 bits per heavy atom. The third kappa shape index (κ3) is 4.52. The molecule has 0 aliphatic heterocycles. The van der Waals surface area contributed by atoms with Crippen molar-refractivity contribution in [3.63, 3.8) is 0 Å². The summed E-state index contributed by atoms with van der Waals surface area (Å²) in [5.41, 5.74) is 7.50. The Labute approximate surface area is 92.2 Å². The summed E-state index contributed by atoms with van der Waals surface area (Å²) >= 11 is 0. The van der Waals surface area contributed by atoms with E-state index in [1.807, 2.05) is 0 Å². The summed E-state index contributed by atoms with van der Waals surface area (Å²) in [6, 6.07) is 2.47. The quantitative estimate of drug-likeness (QED) is 0.346. The Morgan fingerprint density at radius 3 is 2.88 bits per heavy atom. The van der Waals surface area contributed by atoms with Crippen LogP contribution >= 0.6 is 0 Å². The minimum atomic E-state index is -0.538. The molecule has 0 atom stereocenters. The molecule has 0 aromatic carbocycles. The number of hydrogen-bond acceptors (Lipinski definition) is 4. The molecule has 0 bridgehead atoms. The van der Waals surface area contributed by atoms with Crippen molar-refractivity contribution in [3.05, 3.63) is 38.8 Å². The van der Waals surface area contributed by atoms with Crippen molar-refractivity contribution in [1.82, 2.24) is 0 Å². The lowest BCUT2D eigenvalue weighted by Gasteiger charge is -1.99. The molecule has 6 nitrogen and oxygen atoms in total. The molecule has 0 spiro atoms. The maximum atomic E-state index is 10.9. The number of aromatic hydroxyl groups is 1. The zero-order valence-corrected chi connectivity index (χ0v) is 8.80. The maximum Gasteiger partial charge on any atom is 0.339 e. The molecule has 1 aromatic rings. The topological polar surface area (TPSA) is 99.2 Å². The van der Waals surface area contributed by atoms with E-state index in [2.05, 4.69) is 10.0 Å². The first kappa shape index (κ1) is 12.1. The highest BCUT2D eigenvalue weighted by Gasteiger charge is 2.00. The van der Waals surface area contributed by atoms with Gasteiger partial charge in [0.2, 0.25) is 0 Å². The summed E-state index contributed by atoms with van der Waals surface area (Å²) in [7, 11) is 0. The molecule has 1 N–H and O–H groups in total. The summed E-state index contributed by atoms with van der Waals surface area (Å²) in [6.07, 6.45) is 3.12. The van der Waals surface area contributed by atoms with E-state index in [4.69, 9.17) is 15.1 Å². The fourth-order valence-electron chi connectivity index (χ4n) is 1.34. The number of unbranched alkanes of at least 4 members (excludes halogenated alkanes) is 2. The molecule has 6 heteroatoms. The van der Waals surface area contributed by atoms with Crippen LogP contribution in [0.3, 0.4) is 0 Å². The largest absolute Gasteiger partial charge is 0.508 e. The van der Waals surface area contributed by atoms with Crippen molar-refractivity contribution in [1.29, 1.82) is 0 Å². The Kier molecular flexibility index (Phi) is 4.95. The van der Waals surface area contributed by atoms with E-state index in [0.29, 0.717) is 18.7 Å². The van der Waals surface area contributed by atoms with E-state index in [1.165, 1.54) is 6.07 Å². The number of azide groups is 1. The van der Waals surface area contributed by atoms with Gasteiger partial charge in [-0.25, -0.2) is 4.79 Å². The highest BCUT2D eigenvalue weighted by Crippen LogP contribution is 2.11. The normalized spacial score (nSPS) is 9.75.